The van der Waals surface area contributed by atoms with Crippen LogP contribution in [0.1, 0.15) is 28.9 Å². The van der Waals surface area contributed by atoms with Crippen molar-refractivity contribution >= 4 is 5.91 Å². The number of halogens is 1. The summed E-state index contributed by atoms with van der Waals surface area (Å²) in [5.74, 6) is -0.551. The van der Waals surface area contributed by atoms with E-state index in [0.29, 0.717) is 23.5 Å². The molecule has 0 bridgehead atoms. The molecule has 5 nitrogen and oxygen atoms in total. The number of quaternary nitrogens is 1. The van der Waals surface area contributed by atoms with E-state index >= 15 is 0 Å². The molecule has 0 radical (unpaired) electrons. The maximum absolute atomic E-state index is 14.3. The maximum atomic E-state index is 14.3. The Labute approximate surface area is 170 Å². The summed E-state index contributed by atoms with van der Waals surface area (Å²) in [6, 6.07) is 15.9. The molecule has 0 unspecified atom stereocenters. The lowest BCUT2D eigenvalue weighted by Crippen LogP contribution is -3.10. The number of hydrogen-bond acceptors (Lipinski definition) is 2. The number of carbonyl (C=O) groups is 1. The van der Waals surface area contributed by atoms with Crippen molar-refractivity contribution in [3.05, 3.63) is 71.7 Å². The normalized spacial score (nSPS) is 14.3. The van der Waals surface area contributed by atoms with Crippen LogP contribution < -0.4 is 10.2 Å². The smallest absolute Gasteiger partial charge is 0.270 e. The lowest BCUT2D eigenvalue weighted by Gasteiger charge is -2.13. The summed E-state index contributed by atoms with van der Waals surface area (Å²) < 4.78 is 15.9. The van der Waals surface area contributed by atoms with E-state index in [-0.39, 0.29) is 11.7 Å². The van der Waals surface area contributed by atoms with Gasteiger partial charge in [-0.2, -0.15) is 5.10 Å². The molecule has 4 rings (SSSR count). The van der Waals surface area contributed by atoms with E-state index in [2.05, 4.69) is 10.4 Å². The second-order valence-corrected chi connectivity index (χ2v) is 7.61. The Balaban J connectivity index is 1.62. The van der Waals surface area contributed by atoms with Crippen LogP contribution in [0.5, 0.6) is 0 Å². The first-order valence-corrected chi connectivity index (χ1v) is 10.2. The first-order valence-electron chi connectivity index (χ1n) is 10.2. The number of likely N-dealkylation sites (tertiary alicyclic amines) is 1. The van der Waals surface area contributed by atoms with E-state index in [1.807, 2.05) is 31.2 Å². The van der Waals surface area contributed by atoms with Gasteiger partial charge in [0.2, 0.25) is 0 Å². The minimum atomic E-state index is -0.356. The Hall–Kier alpha value is -2.99. The fraction of sp³-hybridized carbons (Fsp3) is 0.304. The number of hydrogen-bond donors (Lipinski definition) is 2. The van der Waals surface area contributed by atoms with Crippen LogP contribution in [-0.4, -0.2) is 41.9 Å². The van der Waals surface area contributed by atoms with E-state index in [4.69, 9.17) is 0 Å². The van der Waals surface area contributed by atoms with Crippen LogP contribution in [0.4, 0.5) is 4.39 Å². The minimum absolute atomic E-state index is 0.195. The second kappa shape index (κ2) is 8.57. The lowest BCUT2D eigenvalue weighted by molar-refractivity contribution is -0.886. The van der Waals surface area contributed by atoms with Crippen molar-refractivity contribution in [3.8, 4) is 16.9 Å². The highest BCUT2D eigenvalue weighted by atomic mass is 19.1. The zero-order valence-corrected chi connectivity index (χ0v) is 16.6. The molecule has 1 saturated heterocycles. The summed E-state index contributed by atoms with van der Waals surface area (Å²) in [5.41, 5.74) is 3.12. The molecule has 1 aromatic heterocycles. The molecule has 2 N–H and O–H groups in total. The average molecular weight is 393 g/mol. The summed E-state index contributed by atoms with van der Waals surface area (Å²) in [4.78, 5) is 14.5. The van der Waals surface area contributed by atoms with E-state index in [1.54, 1.807) is 28.9 Å². The molecule has 1 aliphatic rings. The third-order valence-corrected chi connectivity index (χ3v) is 5.45. The van der Waals surface area contributed by atoms with Crippen LogP contribution in [0.25, 0.3) is 16.9 Å². The van der Waals surface area contributed by atoms with Crippen LogP contribution >= 0.6 is 0 Å². The van der Waals surface area contributed by atoms with E-state index < -0.39 is 0 Å². The highest BCUT2D eigenvalue weighted by Crippen LogP contribution is 2.24. The van der Waals surface area contributed by atoms with Crippen molar-refractivity contribution in [2.45, 2.75) is 19.8 Å². The number of carbonyl (C=O) groups excluding carboxylic acids is 1. The van der Waals surface area contributed by atoms with Gasteiger partial charge in [-0.05, 0) is 37.3 Å². The van der Waals surface area contributed by atoms with Gasteiger partial charge >= 0.3 is 0 Å². The first kappa shape index (κ1) is 19.3. The van der Waals surface area contributed by atoms with Crippen LogP contribution in [0.3, 0.4) is 0 Å². The molecule has 29 heavy (non-hydrogen) atoms. The molecular formula is C23H26FN4O+. The van der Waals surface area contributed by atoms with Gasteiger partial charge in [0.05, 0.1) is 37.6 Å². The van der Waals surface area contributed by atoms with Gasteiger partial charge in [-0.3, -0.25) is 4.79 Å². The summed E-state index contributed by atoms with van der Waals surface area (Å²) in [6.45, 7) is 5.89. The largest absolute Gasteiger partial charge is 0.345 e. The van der Waals surface area contributed by atoms with Gasteiger partial charge in [0.1, 0.15) is 11.5 Å². The van der Waals surface area contributed by atoms with Crippen molar-refractivity contribution in [2.24, 2.45) is 0 Å². The fourth-order valence-electron chi connectivity index (χ4n) is 3.79. The number of nitrogens with one attached hydrogen (secondary N) is 2. The molecule has 2 heterocycles. The second-order valence-electron chi connectivity index (χ2n) is 7.61. The van der Waals surface area contributed by atoms with Gasteiger partial charge in [-0.1, -0.05) is 29.8 Å². The Kier molecular flexibility index (Phi) is 5.71. The number of aryl methyl sites for hydroxylation is 1. The number of aromatic nitrogens is 2. The summed E-state index contributed by atoms with van der Waals surface area (Å²) in [6.07, 6.45) is 2.52. The summed E-state index contributed by atoms with van der Waals surface area (Å²) in [5, 5.41) is 7.57. The topological polar surface area (TPSA) is 51.4 Å². The van der Waals surface area contributed by atoms with Gasteiger partial charge in [0.25, 0.3) is 5.91 Å². The van der Waals surface area contributed by atoms with Gasteiger partial charge in [0.15, 0.2) is 0 Å². The molecule has 0 spiro atoms. The predicted molar refractivity (Wildman–Crippen MR) is 111 cm³/mol. The maximum Gasteiger partial charge on any atom is 0.270 e. The highest BCUT2D eigenvalue weighted by molar-refractivity contribution is 5.94. The number of rotatable bonds is 6. The van der Waals surface area contributed by atoms with E-state index in [9.17, 15) is 9.18 Å². The standard InChI is InChI=1S/C23H25FN4O/c1-17-8-10-18(11-9-17)28-22(23(29)25-12-15-27-13-4-5-14-27)16-21(26-28)19-6-2-3-7-20(19)24/h2-3,6-11,16H,4-5,12-15H2,1H3,(H,25,29)/p+1. The van der Waals surface area contributed by atoms with E-state index in [1.165, 1.54) is 36.9 Å². The molecule has 150 valence electrons. The molecule has 0 atom stereocenters. The van der Waals surface area contributed by atoms with Crippen molar-refractivity contribution in [3.63, 3.8) is 0 Å². The Morgan fingerprint density at radius 3 is 2.59 bits per heavy atom. The number of amides is 1. The zero-order chi connectivity index (χ0) is 20.2. The summed E-state index contributed by atoms with van der Waals surface area (Å²) in [7, 11) is 0. The highest BCUT2D eigenvalue weighted by Gasteiger charge is 2.20. The number of nitrogens with zero attached hydrogens (tertiary/aromatic N) is 2. The Morgan fingerprint density at radius 2 is 1.86 bits per heavy atom. The third-order valence-electron chi connectivity index (χ3n) is 5.45. The van der Waals surface area contributed by atoms with Crippen molar-refractivity contribution in [1.82, 2.24) is 15.1 Å². The van der Waals surface area contributed by atoms with Crippen LogP contribution in [-0.2, 0) is 0 Å². The van der Waals surface area contributed by atoms with Crippen LogP contribution in [0.2, 0.25) is 0 Å². The first-order chi connectivity index (χ1) is 14.1. The summed E-state index contributed by atoms with van der Waals surface area (Å²) >= 11 is 0. The SMILES string of the molecule is Cc1ccc(-n2nc(-c3ccccc3F)cc2C(=O)NCC[NH+]2CCCC2)cc1. The molecule has 0 aliphatic carbocycles. The van der Waals surface area contributed by atoms with E-state index in [0.717, 1.165) is 17.8 Å². The molecule has 6 heteroatoms. The average Bonchev–Trinajstić information content (AvgIpc) is 3.39. The van der Waals surface area contributed by atoms with Crippen LogP contribution in [0, 0.1) is 12.7 Å². The minimum Gasteiger partial charge on any atom is -0.345 e. The van der Waals surface area contributed by atoms with Gasteiger partial charge < -0.3 is 10.2 Å². The zero-order valence-electron chi connectivity index (χ0n) is 16.6. The quantitative estimate of drug-likeness (QED) is 0.676. The Bertz CT molecular complexity index is 990. The van der Waals surface area contributed by atoms with Gasteiger partial charge in [0, 0.05) is 18.4 Å². The molecule has 0 saturated carbocycles. The Morgan fingerprint density at radius 1 is 1.14 bits per heavy atom. The van der Waals surface area contributed by atoms with Crippen LogP contribution in [0.15, 0.2) is 54.6 Å². The van der Waals surface area contributed by atoms with Crippen molar-refractivity contribution in [1.29, 1.82) is 0 Å². The number of benzene rings is 2. The van der Waals surface area contributed by atoms with Gasteiger partial charge in [-0.25, -0.2) is 9.07 Å². The lowest BCUT2D eigenvalue weighted by atomic mass is 10.1. The van der Waals surface area contributed by atoms with Crippen molar-refractivity contribution in [2.75, 3.05) is 26.2 Å². The van der Waals surface area contributed by atoms with Crippen molar-refractivity contribution < 1.29 is 14.1 Å². The molecule has 1 fully saturated rings. The molecule has 1 aliphatic heterocycles. The predicted octanol–water partition coefficient (Wildman–Crippen LogP) is 2.40. The molecule has 1 amide bonds. The molecule has 2 aromatic carbocycles. The third kappa shape index (κ3) is 4.38. The monoisotopic (exact) mass is 393 g/mol. The fourth-order valence-corrected chi connectivity index (χ4v) is 3.79. The molecule has 3 aromatic rings. The van der Waals surface area contributed by atoms with Gasteiger partial charge in [-0.15, -0.1) is 0 Å². The molecular weight excluding hydrogens is 367 g/mol.